The van der Waals surface area contributed by atoms with Gasteiger partial charge in [0, 0.05) is 6.54 Å². The maximum Gasteiger partial charge on any atom is 0.283 e. The van der Waals surface area contributed by atoms with Gasteiger partial charge in [-0.25, -0.2) is 0 Å². The number of hydrogen-bond donors (Lipinski definition) is 3. The number of carbonyl (C=O) groups is 1. The zero-order valence-corrected chi connectivity index (χ0v) is 13.7. The third-order valence-corrected chi connectivity index (χ3v) is 3.83. The van der Waals surface area contributed by atoms with Gasteiger partial charge in [0.25, 0.3) is 5.91 Å². The van der Waals surface area contributed by atoms with Crippen LogP contribution >= 0.6 is 23.8 Å². The number of benzene rings is 1. The zero-order valence-electron chi connectivity index (χ0n) is 12.0. The summed E-state index contributed by atoms with van der Waals surface area (Å²) in [6, 6.07) is 7.60. The molecule has 116 valence electrons. The second-order valence-electron chi connectivity index (χ2n) is 4.30. The van der Waals surface area contributed by atoms with Crippen LogP contribution in [0, 0.1) is 6.92 Å². The lowest BCUT2D eigenvalue weighted by atomic mass is 10.2. The molecule has 1 heterocycles. The number of ether oxygens (including phenoxy) is 1. The molecule has 0 aliphatic carbocycles. The molecule has 3 N–H and O–H groups in total. The van der Waals surface area contributed by atoms with Crippen LogP contribution < -0.4 is 20.9 Å². The molecular formula is C13H15N5O2S2. The Morgan fingerprint density at radius 2 is 2.05 bits per heavy atom. The quantitative estimate of drug-likeness (QED) is 0.570. The molecule has 1 aromatic heterocycles. The molecule has 0 aliphatic rings. The van der Waals surface area contributed by atoms with Crippen LogP contribution in [0.2, 0.25) is 0 Å². The van der Waals surface area contributed by atoms with Crippen LogP contribution in [0.25, 0.3) is 0 Å². The summed E-state index contributed by atoms with van der Waals surface area (Å²) in [6.45, 7) is 2.26. The molecular weight excluding hydrogens is 322 g/mol. The van der Waals surface area contributed by atoms with E-state index in [9.17, 15) is 4.79 Å². The van der Waals surface area contributed by atoms with Gasteiger partial charge in [0.15, 0.2) is 5.11 Å². The molecule has 2 rings (SSSR count). The van der Waals surface area contributed by atoms with E-state index >= 15 is 0 Å². The Bertz CT molecular complexity index is 657. The van der Waals surface area contributed by atoms with Gasteiger partial charge < -0.3 is 10.1 Å². The SMILES string of the molecule is COc1ccc(CNC(=S)NNC(=O)c2snnc2C)cc1. The molecule has 0 fully saturated rings. The first kappa shape index (κ1) is 16.1. The summed E-state index contributed by atoms with van der Waals surface area (Å²) >= 11 is 6.13. The molecule has 0 saturated carbocycles. The molecule has 1 amide bonds. The summed E-state index contributed by atoms with van der Waals surface area (Å²) in [5, 5.41) is 7.08. The predicted octanol–water partition coefficient (Wildman–Crippen LogP) is 1.16. The standard InChI is InChI=1S/C13H15N5O2S2/c1-8-11(22-18-15-8)12(19)16-17-13(21)14-7-9-3-5-10(20-2)6-4-9/h3-6H,7H2,1-2H3,(H,16,19)(H2,14,17,21). The third-order valence-electron chi connectivity index (χ3n) is 2.76. The molecule has 7 nitrogen and oxygen atoms in total. The van der Waals surface area contributed by atoms with Crippen LogP contribution in [0.3, 0.4) is 0 Å². The zero-order chi connectivity index (χ0) is 15.9. The number of methoxy groups -OCH3 is 1. The molecule has 0 bridgehead atoms. The Hall–Kier alpha value is -2.26. The average Bonchev–Trinajstić information content (AvgIpc) is 2.97. The van der Waals surface area contributed by atoms with Crippen molar-refractivity contribution in [2.45, 2.75) is 13.5 Å². The smallest absolute Gasteiger partial charge is 0.283 e. The highest BCUT2D eigenvalue weighted by molar-refractivity contribution is 7.80. The summed E-state index contributed by atoms with van der Waals surface area (Å²) in [5.74, 6) is 0.478. The molecule has 0 radical (unpaired) electrons. The molecule has 0 aliphatic heterocycles. The van der Waals surface area contributed by atoms with Crippen LogP contribution in [0.4, 0.5) is 0 Å². The minimum atomic E-state index is -0.318. The minimum Gasteiger partial charge on any atom is -0.497 e. The van der Waals surface area contributed by atoms with E-state index in [2.05, 4.69) is 25.8 Å². The fourth-order valence-electron chi connectivity index (χ4n) is 1.58. The normalized spacial score (nSPS) is 9.91. The van der Waals surface area contributed by atoms with Gasteiger partial charge in [0.2, 0.25) is 0 Å². The van der Waals surface area contributed by atoms with Gasteiger partial charge in [-0.1, -0.05) is 16.6 Å². The Morgan fingerprint density at radius 3 is 2.64 bits per heavy atom. The highest BCUT2D eigenvalue weighted by Gasteiger charge is 2.12. The lowest BCUT2D eigenvalue weighted by Gasteiger charge is -2.11. The van der Waals surface area contributed by atoms with Crippen molar-refractivity contribution in [2.24, 2.45) is 0 Å². The van der Waals surface area contributed by atoms with Gasteiger partial charge in [0.05, 0.1) is 12.8 Å². The van der Waals surface area contributed by atoms with E-state index in [1.807, 2.05) is 24.3 Å². The Morgan fingerprint density at radius 1 is 1.32 bits per heavy atom. The number of rotatable bonds is 4. The summed E-state index contributed by atoms with van der Waals surface area (Å²) in [6.07, 6.45) is 0. The Balaban J connectivity index is 1.76. The monoisotopic (exact) mass is 337 g/mol. The predicted molar refractivity (Wildman–Crippen MR) is 87.7 cm³/mol. The highest BCUT2D eigenvalue weighted by atomic mass is 32.1. The second-order valence-corrected chi connectivity index (χ2v) is 5.46. The molecule has 9 heteroatoms. The second kappa shape index (κ2) is 7.66. The van der Waals surface area contributed by atoms with Crippen molar-refractivity contribution >= 4 is 34.8 Å². The van der Waals surface area contributed by atoms with Crippen molar-refractivity contribution in [1.29, 1.82) is 0 Å². The number of aromatic nitrogens is 2. The lowest BCUT2D eigenvalue weighted by molar-refractivity contribution is 0.0947. The van der Waals surface area contributed by atoms with Crippen molar-refractivity contribution < 1.29 is 9.53 Å². The van der Waals surface area contributed by atoms with Crippen molar-refractivity contribution in [3.63, 3.8) is 0 Å². The van der Waals surface area contributed by atoms with E-state index in [0.29, 0.717) is 22.2 Å². The first-order valence-electron chi connectivity index (χ1n) is 6.36. The van der Waals surface area contributed by atoms with E-state index in [1.165, 1.54) is 0 Å². The molecule has 0 atom stereocenters. The molecule has 0 spiro atoms. The highest BCUT2D eigenvalue weighted by Crippen LogP contribution is 2.11. The average molecular weight is 337 g/mol. The van der Waals surface area contributed by atoms with Crippen LogP contribution in [-0.4, -0.2) is 27.7 Å². The molecule has 0 unspecified atom stereocenters. The van der Waals surface area contributed by atoms with Gasteiger partial charge in [-0.3, -0.25) is 15.6 Å². The largest absolute Gasteiger partial charge is 0.497 e. The Kier molecular flexibility index (Phi) is 5.61. The van der Waals surface area contributed by atoms with E-state index in [-0.39, 0.29) is 5.91 Å². The molecule has 2 aromatic rings. The third kappa shape index (κ3) is 4.37. The summed E-state index contributed by atoms with van der Waals surface area (Å²) in [5.41, 5.74) is 6.76. The topological polar surface area (TPSA) is 88.2 Å². The first-order chi connectivity index (χ1) is 10.6. The van der Waals surface area contributed by atoms with Gasteiger partial charge in [-0.05, 0) is 48.4 Å². The molecule has 22 heavy (non-hydrogen) atoms. The number of thiocarbonyl (C=S) groups is 1. The van der Waals surface area contributed by atoms with Crippen molar-refractivity contribution in [3.05, 3.63) is 40.4 Å². The number of amides is 1. The van der Waals surface area contributed by atoms with E-state index < -0.39 is 0 Å². The molecule has 1 aromatic carbocycles. The lowest BCUT2D eigenvalue weighted by Crippen LogP contribution is -2.46. The first-order valence-corrected chi connectivity index (χ1v) is 7.54. The Labute approximate surface area is 137 Å². The van der Waals surface area contributed by atoms with Crippen molar-refractivity contribution in [2.75, 3.05) is 7.11 Å². The minimum absolute atomic E-state index is 0.318. The fraction of sp³-hybridized carbons (Fsp3) is 0.231. The number of nitrogens with one attached hydrogen (secondary N) is 3. The van der Waals surface area contributed by atoms with Crippen LogP contribution in [0.1, 0.15) is 20.9 Å². The number of hydrogen-bond acceptors (Lipinski definition) is 6. The summed E-state index contributed by atoms with van der Waals surface area (Å²) in [7, 11) is 1.62. The van der Waals surface area contributed by atoms with Crippen LogP contribution in [0.5, 0.6) is 5.75 Å². The van der Waals surface area contributed by atoms with Crippen molar-refractivity contribution in [3.8, 4) is 5.75 Å². The van der Waals surface area contributed by atoms with E-state index in [4.69, 9.17) is 17.0 Å². The van der Waals surface area contributed by atoms with Gasteiger partial charge in [0.1, 0.15) is 10.6 Å². The molecule has 0 saturated heterocycles. The van der Waals surface area contributed by atoms with Crippen LogP contribution in [-0.2, 0) is 6.54 Å². The van der Waals surface area contributed by atoms with Gasteiger partial charge in [-0.2, -0.15) is 0 Å². The summed E-state index contributed by atoms with van der Waals surface area (Å²) in [4.78, 5) is 12.3. The van der Waals surface area contributed by atoms with Crippen molar-refractivity contribution in [1.82, 2.24) is 25.8 Å². The number of carbonyl (C=O) groups excluding carboxylic acids is 1. The van der Waals surface area contributed by atoms with Gasteiger partial charge in [-0.15, -0.1) is 5.10 Å². The van der Waals surface area contributed by atoms with E-state index in [1.54, 1.807) is 14.0 Å². The maximum atomic E-state index is 11.8. The number of hydrazine groups is 1. The summed E-state index contributed by atoms with van der Waals surface area (Å²) < 4.78 is 8.79. The number of aryl methyl sites for hydroxylation is 1. The number of nitrogens with zero attached hydrogens (tertiary/aromatic N) is 2. The fourth-order valence-corrected chi connectivity index (χ4v) is 2.25. The van der Waals surface area contributed by atoms with Crippen LogP contribution in [0.15, 0.2) is 24.3 Å². The maximum absolute atomic E-state index is 11.8. The van der Waals surface area contributed by atoms with E-state index in [0.717, 1.165) is 22.8 Å². The van der Waals surface area contributed by atoms with Gasteiger partial charge >= 0.3 is 0 Å².